The predicted octanol–water partition coefficient (Wildman–Crippen LogP) is 3.23. The standard InChI is InChI=1S/C14H19F3N2O/c1-9-3-2-4-19(7-9)8-10-5-11(14(15,16)17)13(20)12(18)6-10/h5-6,9,20H,2-4,7-8,18H2,1H3/t9-/m1/s1. The van der Waals surface area contributed by atoms with Crippen LogP contribution in [-0.2, 0) is 12.7 Å². The molecule has 0 aromatic heterocycles. The van der Waals surface area contributed by atoms with Crippen LogP contribution in [0.3, 0.4) is 0 Å². The molecule has 3 nitrogen and oxygen atoms in total. The summed E-state index contributed by atoms with van der Waals surface area (Å²) in [7, 11) is 0. The molecule has 3 N–H and O–H groups in total. The molecule has 1 aromatic rings. The van der Waals surface area contributed by atoms with Gasteiger partial charge in [0.2, 0.25) is 0 Å². The average molecular weight is 288 g/mol. The minimum atomic E-state index is -4.59. The molecule has 20 heavy (non-hydrogen) atoms. The summed E-state index contributed by atoms with van der Waals surface area (Å²) < 4.78 is 38.5. The maximum absolute atomic E-state index is 12.8. The molecule has 0 amide bonds. The van der Waals surface area contributed by atoms with Crippen LogP contribution in [0.15, 0.2) is 12.1 Å². The van der Waals surface area contributed by atoms with Gasteiger partial charge in [-0.2, -0.15) is 13.2 Å². The lowest BCUT2D eigenvalue weighted by molar-refractivity contribution is -0.138. The fraction of sp³-hybridized carbons (Fsp3) is 0.571. The molecule has 112 valence electrons. The molecule has 1 saturated heterocycles. The molecule has 0 saturated carbocycles. The number of rotatable bonds is 2. The Hall–Kier alpha value is -1.43. The van der Waals surface area contributed by atoms with Crippen LogP contribution in [0.25, 0.3) is 0 Å². The first-order valence-electron chi connectivity index (χ1n) is 6.68. The minimum absolute atomic E-state index is 0.222. The number of hydrogen-bond acceptors (Lipinski definition) is 3. The van der Waals surface area contributed by atoms with E-state index in [0.29, 0.717) is 18.0 Å². The molecular formula is C14H19F3N2O. The summed E-state index contributed by atoms with van der Waals surface area (Å²) in [5.74, 6) is -0.325. The van der Waals surface area contributed by atoms with Crippen molar-refractivity contribution in [1.82, 2.24) is 4.90 Å². The molecule has 0 spiro atoms. The molecule has 0 aliphatic carbocycles. The summed E-state index contributed by atoms with van der Waals surface area (Å²) in [6, 6.07) is 2.41. The van der Waals surface area contributed by atoms with Crippen molar-refractivity contribution in [3.05, 3.63) is 23.3 Å². The van der Waals surface area contributed by atoms with Crippen LogP contribution in [0.5, 0.6) is 5.75 Å². The average Bonchev–Trinajstić information content (AvgIpc) is 2.32. The Bertz CT molecular complexity index is 488. The zero-order chi connectivity index (χ0) is 14.9. The number of aromatic hydroxyl groups is 1. The molecule has 1 aliphatic heterocycles. The Morgan fingerprint density at radius 3 is 2.70 bits per heavy atom. The van der Waals surface area contributed by atoms with E-state index in [1.165, 1.54) is 6.07 Å². The van der Waals surface area contributed by atoms with Crippen LogP contribution >= 0.6 is 0 Å². The number of phenols is 1. The van der Waals surface area contributed by atoms with Crippen molar-refractivity contribution in [2.45, 2.75) is 32.5 Å². The smallest absolute Gasteiger partial charge is 0.420 e. The third kappa shape index (κ3) is 3.36. The lowest BCUT2D eigenvalue weighted by Crippen LogP contribution is -2.33. The van der Waals surface area contributed by atoms with Gasteiger partial charge in [-0.15, -0.1) is 0 Å². The zero-order valence-corrected chi connectivity index (χ0v) is 11.4. The van der Waals surface area contributed by atoms with E-state index in [0.717, 1.165) is 32.0 Å². The van der Waals surface area contributed by atoms with Crippen molar-refractivity contribution in [2.75, 3.05) is 18.8 Å². The first kappa shape index (κ1) is 15.0. The Kier molecular flexibility index (Phi) is 4.13. The van der Waals surface area contributed by atoms with Crippen molar-refractivity contribution >= 4 is 5.69 Å². The first-order chi connectivity index (χ1) is 9.27. The number of phenolic OH excluding ortho intramolecular Hbond substituents is 1. The monoisotopic (exact) mass is 288 g/mol. The highest BCUT2D eigenvalue weighted by Gasteiger charge is 2.35. The molecule has 1 aromatic carbocycles. The Balaban J connectivity index is 2.22. The molecular weight excluding hydrogens is 269 g/mol. The third-order valence-electron chi connectivity index (χ3n) is 3.65. The predicted molar refractivity (Wildman–Crippen MR) is 71.2 cm³/mol. The number of alkyl halides is 3. The SMILES string of the molecule is C[C@@H]1CCCN(Cc2cc(N)c(O)c(C(F)(F)F)c2)C1. The maximum Gasteiger partial charge on any atom is 0.420 e. The summed E-state index contributed by atoms with van der Waals surface area (Å²) >= 11 is 0. The zero-order valence-electron chi connectivity index (χ0n) is 11.4. The fourth-order valence-electron chi connectivity index (χ4n) is 2.71. The topological polar surface area (TPSA) is 49.5 Å². The van der Waals surface area contributed by atoms with Gasteiger partial charge in [-0.3, -0.25) is 4.90 Å². The number of benzene rings is 1. The van der Waals surface area contributed by atoms with E-state index in [9.17, 15) is 18.3 Å². The second kappa shape index (κ2) is 5.52. The van der Waals surface area contributed by atoms with Gasteiger partial charge in [0.15, 0.2) is 5.75 Å². The van der Waals surface area contributed by atoms with Gasteiger partial charge in [-0.1, -0.05) is 6.92 Å². The normalized spacial score (nSPS) is 21.1. The third-order valence-corrected chi connectivity index (χ3v) is 3.65. The van der Waals surface area contributed by atoms with Crippen LogP contribution in [0.1, 0.15) is 30.9 Å². The van der Waals surface area contributed by atoms with Crippen LogP contribution in [0.4, 0.5) is 18.9 Å². The summed E-state index contributed by atoms with van der Waals surface area (Å²) in [5.41, 5.74) is 4.69. The van der Waals surface area contributed by atoms with Crippen LogP contribution in [-0.4, -0.2) is 23.1 Å². The Labute approximate surface area is 116 Å². The van der Waals surface area contributed by atoms with E-state index in [-0.39, 0.29) is 5.69 Å². The molecule has 1 aliphatic rings. The summed E-state index contributed by atoms with van der Waals surface area (Å²) in [4.78, 5) is 2.13. The molecule has 1 fully saturated rings. The largest absolute Gasteiger partial charge is 0.505 e. The van der Waals surface area contributed by atoms with Crippen molar-refractivity contribution in [1.29, 1.82) is 0 Å². The van der Waals surface area contributed by atoms with Crippen molar-refractivity contribution in [3.63, 3.8) is 0 Å². The Morgan fingerprint density at radius 1 is 1.40 bits per heavy atom. The van der Waals surface area contributed by atoms with E-state index >= 15 is 0 Å². The molecule has 0 radical (unpaired) electrons. The molecule has 0 bridgehead atoms. The maximum atomic E-state index is 12.8. The van der Waals surface area contributed by atoms with Crippen molar-refractivity contribution in [2.24, 2.45) is 5.92 Å². The number of piperidine rings is 1. The number of nitrogens with two attached hydrogens (primary N) is 1. The highest BCUT2D eigenvalue weighted by molar-refractivity contribution is 5.58. The van der Waals surface area contributed by atoms with Crippen LogP contribution in [0.2, 0.25) is 0 Å². The number of halogens is 3. The fourth-order valence-corrected chi connectivity index (χ4v) is 2.71. The Morgan fingerprint density at radius 2 is 2.10 bits per heavy atom. The van der Waals surface area contributed by atoms with Gasteiger partial charge < -0.3 is 10.8 Å². The summed E-state index contributed by atoms with van der Waals surface area (Å²) in [6.45, 7) is 4.32. The molecule has 1 atom stereocenters. The van der Waals surface area contributed by atoms with Crippen LogP contribution in [0, 0.1) is 5.92 Å². The van der Waals surface area contributed by atoms with Gasteiger partial charge in [-0.05, 0) is 43.0 Å². The van der Waals surface area contributed by atoms with Crippen LogP contribution < -0.4 is 5.73 Å². The second-order valence-corrected chi connectivity index (χ2v) is 5.56. The molecule has 0 unspecified atom stereocenters. The molecule has 2 rings (SSSR count). The lowest BCUT2D eigenvalue weighted by Gasteiger charge is -2.31. The van der Waals surface area contributed by atoms with Crippen molar-refractivity contribution in [3.8, 4) is 5.75 Å². The van der Waals surface area contributed by atoms with Crippen molar-refractivity contribution < 1.29 is 18.3 Å². The van der Waals surface area contributed by atoms with E-state index in [1.54, 1.807) is 0 Å². The molecule has 6 heteroatoms. The van der Waals surface area contributed by atoms with Gasteiger partial charge in [0.05, 0.1) is 11.3 Å². The van der Waals surface area contributed by atoms with E-state index in [2.05, 4.69) is 11.8 Å². The number of likely N-dealkylation sites (tertiary alicyclic amines) is 1. The second-order valence-electron chi connectivity index (χ2n) is 5.56. The van der Waals surface area contributed by atoms with Gasteiger partial charge in [-0.25, -0.2) is 0 Å². The van der Waals surface area contributed by atoms with E-state index in [4.69, 9.17) is 5.73 Å². The van der Waals surface area contributed by atoms with Gasteiger partial charge in [0, 0.05) is 13.1 Å². The van der Waals surface area contributed by atoms with E-state index in [1.807, 2.05) is 0 Å². The minimum Gasteiger partial charge on any atom is -0.505 e. The summed E-state index contributed by atoms with van der Waals surface area (Å²) in [6.07, 6.45) is -2.38. The number of nitrogen functional groups attached to an aromatic ring is 1. The number of hydrogen-bond donors (Lipinski definition) is 2. The quantitative estimate of drug-likeness (QED) is 0.649. The first-order valence-corrected chi connectivity index (χ1v) is 6.68. The number of nitrogens with zero attached hydrogens (tertiary/aromatic N) is 1. The highest BCUT2D eigenvalue weighted by atomic mass is 19.4. The molecule has 1 heterocycles. The summed E-state index contributed by atoms with van der Waals surface area (Å²) in [5, 5.41) is 9.45. The van der Waals surface area contributed by atoms with Gasteiger partial charge >= 0.3 is 6.18 Å². The van der Waals surface area contributed by atoms with Gasteiger partial charge in [0.1, 0.15) is 0 Å². The highest BCUT2D eigenvalue weighted by Crippen LogP contribution is 2.39. The van der Waals surface area contributed by atoms with Gasteiger partial charge in [0.25, 0.3) is 0 Å². The number of anilines is 1. The van der Waals surface area contributed by atoms with E-state index < -0.39 is 17.5 Å². The lowest BCUT2D eigenvalue weighted by atomic mass is 9.99.